The zero-order valence-corrected chi connectivity index (χ0v) is 10.8. The average Bonchev–Trinajstić information content (AvgIpc) is 2.16. The molecule has 7 N–H and O–H groups in total. The molecule has 1 unspecified atom stereocenters. The molecular formula is C10H19N3O3S. The lowest BCUT2D eigenvalue weighted by atomic mass is 10.3. The highest BCUT2D eigenvalue weighted by atomic mass is 32.2. The second-order valence-corrected chi connectivity index (χ2v) is 5.11. The topological polar surface area (TPSA) is 137 Å². The standard InChI is InChI=1S/C6H8N2O3S.C4H11N/c7-4-1-2-6(5(8)3-4)12(9,10)11;1-3-4(2)5/h1-3H,7-8H2,(H,9,10,11);4H,3,5H2,1-2H3. The number of nitrogens with two attached hydrogens (primary N) is 2. The van der Waals surface area contributed by atoms with E-state index in [-0.39, 0.29) is 5.69 Å². The van der Waals surface area contributed by atoms with E-state index in [2.05, 4.69) is 19.6 Å². The molecule has 1 aromatic carbocycles. The van der Waals surface area contributed by atoms with Crippen LogP contribution < -0.4 is 17.2 Å². The van der Waals surface area contributed by atoms with Gasteiger partial charge in [-0.05, 0) is 31.5 Å². The highest BCUT2D eigenvalue weighted by Gasteiger charge is 2.05. The Hall–Kier alpha value is -1.31. The van der Waals surface area contributed by atoms with Gasteiger partial charge in [-0.1, -0.05) is 6.92 Å². The number of hydrogen-bond acceptors (Lipinski definition) is 5. The molecular weight excluding hydrogens is 242 g/mol. The van der Waals surface area contributed by atoms with E-state index in [1.165, 1.54) is 18.6 Å². The molecule has 0 aliphatic rings. The van der Waals surface area contributed by atoms with Crippen LogP contribution in [-0.4, -0.2) is 19.0 Å². The highest BCUT2D eigenvalue weighted by molar-refractivity contribution is 7.86. The largest absolute Gasteiger partial charge is 0.744 e. The Kier molecular flexibility index (Phi) is 5.94. The van der Waals surface area contributed by atoms with Gasteiger partial charge >= 0.3 is 0 Å². The zero-order valence-electron chi connectivity index (χ0n) is 10.0. The summed E-state index contributed by atoms with van der Waals surface area (Å²) in [7, 11) is -4.48. The van der Waals surface area contributed by atoms with Crippen LogP contribution in [0.2, 0.25) is 0 Å². The zero-order chi connectivity index (χ0) is 13.6. The fourth-order valence-electron chi connectivity index (χ4n) is 0.795. The highest BCUT2D eigenvalue weighted by Crippen LogP contribution is 2.19. The van der Waals surface area contributed by atoms with Gasteiger partial charge in [0.15, 0.2) is 0 Å². The van der Waals surface area contributed by atoms with E-state index < -0.39 is 15.0 Å². The van der Waals surface area contributed by atoms with Gasteiger partial charge in [-0.15, -0.1) is 0 Å². The van der Waals surface area contributed by atoms with E-state index in [1.54, 1.807) is 0 Å². The third-order valence-electron chi connectivity index (χ3n) is 2.00. The molecule has 0 saturated heterocycles. The van der Waals surface area contributed by atoms with Crippen molar-refractivity contribution in [3.63, 3.8) is 0 Å². The van der Waals surface area contributed by atoms with Gasteiger partial charge in [-0.25, -0.2) is 8.42 Å². The molecule has 6 nitrogen and oxygen atoms in total. The van der Waals surface area contributed by atoms with Gasteiger partial charge in [0.25, 0.3) is 0 Å². The summed E-state index contributed by atoms with van der Waals surface area (Å²) in [5.41, 5.74) is 14.5. The third kappa shape index (κ3) is 6.10. The van der Waals surface area contributed by atoms with Crippen LogP contribution in [-0.2, 0) is 10.1 Å². The quantitative estimate of drug-likeness (QED) is 0.499. The Morgan fingerprint density at radius 1 is 1.41 bits per heavy atom. The van der Waals surface area contributed by atoms with E-state index in [9.17, 15) is 13.0 Å². The number of benzene rings is 1. The van der Waals surface area contributed by atoms with Crippen LogP contribution in [0, 0.1) is 0 Å². The maximum Gasteiger partial charge on any atom is 0.126 e. The first-order valence-electron chi connectivity index (χ1n) is 5.12. The minimum atomic E-state index is -4.48. The minimum absolute atomic E-state index is 0.120. The molecule has 0 bridgehead atoms. The molecule has 0 heterocycles. The molecule has 0 aromatic heterocycles. The predicted molar refractivity (Wildman–Crippen MR) is 65.9 cm³/mol. The normalized spacial score (nSPS) is 12.5. The van der Waals surface area contributed by atoms with Gasteiger partial charge in [-0.2, -0.15) is 0 Å². The second-order valence-electron chi connectivity index (χ2n) is 3.76. The Balaban J connectivity index is 0.000000437. The first kappa shape index (κ1) is 15.7. The van der Waals surface area contributed by atoms with E-state index in [0.717, 1.165) is 6.07 Å². The van der Waals surface area contributed by atoms with Gasteiger partial charge < -0.3 is 21.8 Å². The molecule has 1 atom stereocenters. The molecule has 1 aromatic rings. The van der Waals surface area contributed by atoms with Crippen LogP contribution in [0.5, 0.6) is 0 Å². The third-order valence-corrected chi connectivity index (χ3v) is 2.91. The van der Waals surface area contributed by atoms with Crippen LogP contribution in [0.3, 0.4) is 0 Å². The van der Waals surface area contributed by atoms with Crippen LogP contribution in [0.4, 0.5) is 11.4 Å². The summed E-state index contributed by atoms with van der Waals surface area (Å²) in [5, 5.41) is 0. The fourth-order valence-corrected chi connectivity index (χ4v) is 1.38. The van der Waals surface area contributed by atoms with Crippen LogP contribution >= 0.6 is 0 Å². The lowest BCUT2D eigenvalue weighted by Crippen LogP contribution is -2.58. The van der Waals surface area contributed by atoms with Crippen molar-refractivity contribution in [3.05, 3.63) is 18.2 Å². The van der Waals surface area contributed by atoms with Crippen molar-refractivity contribution >= 4 is 21.5 Å². The summed E-state index contributed by atoms with van der Waals surface area (Å²) in [4.78, 5) is -0.434. The van der Waals surface area contributed by atoms with Gasteiger partial charge in [0, 0.05) is 5.69 Å². The Morgan fingerprint density at radius 3 is 2.18 bits per heavy atom. The number of hydrogen-bond donors (Lipinski definition) is 3. The molecule has 0 fully saturated rings. The monoisotopic (exact) mass is 261 g/mol. The lowest BCUT2D eigenvalue weighted by Gasteiger charge is -2.09. The Bertz CT molecular complexity index is 458. The molecule has 7 heteroatoms. The van der Waals surface area contributed by atoms with Crippen LogP contribution in [0.25, 0.3) is 0 Å². The first-order valence-corrected chi connectivity index (χ1v) is 6.53. The summed E-state index contributed by atoms with van der Waals surface area (Å²) < 4.78 is 31.5. The molecule has 0 saturated carbocycles. The molecule has 98 valence electrons. The van der Waals surface area contributed by atoms with Crippen molar-refractivity contribution in [3.8, 4) is 0 Å². The maximum absolute atomic E-state index is 10.5. The van der Waals surface area contributed by atoms with Crippen molar-refractivity contribution in [1.82, 2.24) is 0 Å². The summed E-state index contributed by atoms with van der Waals surface area (Å²) in [6, 6.07) is 4.26. The molecule has 1 rings (SSSR count). The SMILES string of the molecule is CCC(C)[NH3+].Nc1ccc(S(=O)(=O)[O-])c(N)c1. The predicted octanol–water partition coefficient (Wildman–Crippen LogP) is -0.218. The Morgan fingerprint density at radius 2 is 1.88 bits per heavy atom. The van der Waals surface area contributed by atoms with Crippen molar-refractivity contribution in [1.29, 1.82) is 0 Å². The molecule has 0 amide bonds. The maximum atomic E-state index is 10.5. The first-order chi connectivity index (χ1) is 7.68. The van der Waals surface area contributed by atoms with Crippen molar-refractivity contribution < 1.29 is 18.7 Å². The summed E-state index contributed by atoms with van der Waals surface area (Å²) in [6.45, 7) is 4.25. The number of anilines is 2. The number of quaternary nitrogens is 1. The van der Waals surface area contributed by atoms with Crippen LogP contribution in [0.1, 0.15) is 20.3 Å². The molecule has 17 heavy (non-hydrogen) atoms. The van der Waals surface area contributed by atoms with Crippen molar-refractivity contribution in [2.24, 2.45) is 0 Å². The van der Waals surface area contributed by atoms with Crippen LogP contribution in [0.15, 0.2) is 23.1 Å². The van der Waals surface area contributed by atoms with E-state index >= 15 is 0 Å². The van der Waals surface area contributed by atoms with Crippen molar-refractivity contribution in [2.45, 2.75) is 31.2 Å². The van der Waals surface area contributed by atoms with E-state index in [4.69, 9.17) is 11.5 Å². The van der Waals surface area contributed by atoms with Crippen molar-refractivity contribution in [2.75, 3.05) is 11.5 Å². The number of rotatable bonds is 2. The summed E-state index contributed by atoms with van der Waals surface area (Å²) >= 11 is 0. The molecule has 0 aliphatic heterocycles. The van der Waals surface area contributed by atoms with Gasteiger partial charge in [0.1, 0.15) is 10.1 Å². The van der Waals surface area contributed by atoms with Gasteiger partial charge in [0.2, 0.25) is 0 Å². The molecule has 0 radical (unpaired) electrons. The molecule has 0 spiro atoms. The van der Waals surface area contributed by atoms with Gasteiger partial charge in [0.05, 0.1) is 16.6 Å². The van der Waals surface area contributed by atoms with E-state index in [0.29, 0.717) is 11.7 Å². The van der Waals surface area contributed by atoms with E-state index in [1.807, 2.05) is 0 Å². The smallest absolute Gasteiger partial charge is 0.126 e. The minimum Gasteiger partial charge on any atom is -0.744 e. The summed E-state index contributed by atoms with van der Waals surface area (Å²) in [6.07, 6.45) is 1.19. The number of nitrogen functional groups attached to an aromatic ring is 2. The summed E-state index contributed by atoms with van der Waals surface area (Å²) in [5.74, 6) is 0. The average molecular weight is 261 g/mol. The fraction of sp³-hybridized carbons (Fsp3) is 0.400. The lowest BCUT2D eigenvalue weighted by molar-refractivity contribution is -0.414. The Labute approximate surface area is 102 Å². The molecule has 0 aliphatic carbocycles. The van der Waals surface area contributed by atoms with Gasteiger partial charge in [-0.3, -0.25) is 0 Å². The second kappa shape index (κ2) is 6.43.